The summed E-state index contributed by atoms with van der Waals surface area (Å²) in [6.07, 6.45) is 5.09. The molecule has 7 heteroatoms. The van der Waals surface area contributed by atoms with E-state index in [0.29, 0.717) is 12.0 Å². The Morgan fingerprint density at radius 1 is 1.36 bits per heavy atom. The van der Waals surface area contributed by atoms with Crippen LogP contribution < -0.4 is 9.44 Å². The van der Waals surface area contributed by atoms with Crippen molar-refractivity contribution in [1.29, 1.82) is 0 Å². The van der Waals surface area contributed by atoms with Crippen molar-refractivity contribution in [1.82, 2.24) is 19.3 Å². The highest BCUT2D eigenvalue weighted by Crippen LogP contribution is 2.43. The number of H-pyrrole nitrogens is 1. The van der Waals surface area contributed by atoms with Crippen molar-refractivity contribution in [2.45, 2.75) is 44.2 Å². The molecule has 3 N–H and O–H groups in total. The van der Waals surface area contributed by atoms with E-state index >= 15 is 0 Å². The van der Waals surface area contributed by atoms with Gasteiger partial charge in [-0.25, -0.2) is 4.72 Å². The van der Waals surface area contributed by atoms with Crippen LogP contribution in [0.2, 0.25) is 0 Å². The van der Waals surface area contributed by atoms with Crippen molar-refractivity contribution in [3.63, 3.8) is 0 Å². The monoisotopic (exact) mass is 362 g/mol. The van der Waals surface area contributed by atoms with Crippen LogP contribution in [-0.2, 0) is 16.6 Å². The fraction of sp³-hybridized carbons (Fsp3) is 0.556. The summed E-state index contributed by atoms with van der Waals surface area (Å²) in [6.45, 7) is 3.95. The second-order valence-electron chi connectivity index (χ2n) is 7.21. The first kappa shape index (κ1) is 17.0. The number of piperidine rings is 1. The molecule has 4 rings (SSSR count). The maximum Gasteiger partial charge on any atom is 0.276 e. The standard InChI is InChI=1S/C18H26N4O2S/c1-3-7-22-11-13(21-25(23,24)19-2)9-15-14-5-4-6-16-18(14)12(10-20-16)8-17(15)22/h4-6,10,13,15,17,19-21H,3,7-9,11H2,1-2H3/t13?,15-,17-/m1/s1. The first-order chi connectivity index (χ1) is 12.0. The van der Waals surface area contributed by atoms with E-state index in [1.54, 1.807) is 0 Å². The maximum absolute atomic E-state index is 12.0. The quantitative estimate of drug-likeness (QED) is 0.758. The number of fused-ring (bicyclic) bond motifs is 2. The van der Waals surface area contributed by atoms with Gasteiger partial charge in [0, 0.05) is 48.7 Å². The van der Waals surface area contributed by atoms with Crippen LogP contribution in [0, 0.1) is 0 Å². The van der Waals surface area contributed by atoms with Crippen LogP contribution in [-0.4, -0.2) is 50.5 Å². The fourth-order valence-electron chi connectivity index (χ4n) is 4.71. The van der Waals surface area contributed by atoms with E-state index in [4.69, 9.17) is 0 Å². The molecule has 25 heavy (non-hydrogen) atoms. The van der Waals surface area contributed by atoms with Gasteiger partial charge in [-0.2, -0.15) is 13.1 Å². The molecule has 0 spiro atoms. The third-order valence-corrected chi connectivity index (χ3v) is 6.86. The first-order valence-electron chi connectivity index (χ1n) is 9.06. The van der Waals surface area contributed by atoms with Crippen LogP contribution in [0.4, 0.5) is 0 Å². The van der Waals surface area contributed by atoms with Gasteiger partial charge in [0.15, 0.2) is 0 Å². The summed E-state index contributed by atoms with van der Waals surface area (Å²) >= 11 is 0. The van der Waals surface area contributed by atoms with E-state index in [-0.39, 0.29) is 6.04 Å². The van der Waals surface area contributed by atoms with Crippen molar-refractivity contribution in [2.24, 2.45) is 0 Å². The zero-order valence-corrected chi connectivity index (χ0v) is 15.6. The number of nitrogens with one attached hydrogen (secondary N) is 3. The van der Waals surface area contributed by atoms with Crippen LogP contribution in [0.25, 0.3) is 10.9 Å². The molecule has 2 aliphatic rings. The smallest absolute Gasteiger partial charge is 0.276 e. The van der Waals surface area contributed by atoms with Crippen molar-refractivity contribution >= 4 is 21.1 Å². The number of hydrogen-bond donors (Lipinski definition) is 3. The molecule has 2 heterocycles. The number of likely N-dealkylation sites (tertiary alicyclic amines) is 1. The largest absolute Gasteiger partial charge is 0.361 e. The number of hydrogen-bond acceptors (Lipinski definition) is 3. The minimum atomic E-state index is -3.43. The van der Waals surface area contributed by atoms with Gasteiger partial charge in [0.05, 0.1) is 0 Å². The van der Waals surface area contributed by atoms with Gasteiger partial charge in [-0.15, -0.1) is 0 Å². The van der Waals surface area contributed by atoms with Gasteiger partial charge in [0.2, 0.25) is 0 Å². The van der Waals surface area contributed by atoms with E-state index in [1.807, 2.05) is 0 Å². The second kappa shape index (κ2) is 6.39. The molecule has 1 fully saturated rings. The summed E-state index contributed by atoms with van der Waals surface area (Å²) in [4.78, 5) is 5.87. The average molecular weight is 362 g/mol. The van der Waals surface area contributed by atoms with Gasteiger partial charge < -0.3 is 4.98 Å². The number of benzene rings is 1. The third kappa shape index (κ3) is 2.99. The zero-order valence-electron chi connectivity index (χ0n) is 14.7. The molecule has 3 atom stereocenters. The van der Waals surface area contributed by atoms with Gasteiger partial charge in [-0.1, -0.05) is 19.1 Å². The molecule has 2 aromatic rings. The lowest BCUT2D eigenvalue weighted by Gasteiger charge is -2.47. The Morgan fingerprint density at radius 2 is 2.20 bits per heavy atom. The van der Waals surface area contributed by atoms with Crippen LogP contribution in [0.15, 0.2) is 24.4 Å². The number of nitrogens with zero attached hydrogens (tertiary/aromatic N) is 1. The van der Waals surface area contributed by atoms with Crippen LogP contribution >= 0.6 is 0 Å². The molecular formula is C18H26N4O2S. The van der Waals surface area contributed by atoms with Crippen LogP contribution in [0.1, 0.15) is 36.8 Å². The molecule has 1 saturated heterocycles. The second-order valence-corrected chi connectivity index (χ2v) is 8.87. The minimum Gasteiger partial charge on any atom is -0.361 e. The molecule has 6 nitrogen and oxygen atoms in total. The summed E-state index contributed by atoms with van der Waals surface area (Å²) in [5.74, 6) is 0.358. The van der Waals surface area contributed by atoms with Crippen molar-refractivity contribution in [2.75, 3.05) is 20.1 Å². The number of aromatic amines is 1. The van der Waals surface area contributed by atoms with Crippen molar-refractivity contribution in [3.8, 4) is 0 Å². The molecule has 1 unspecified atom stereocenters. The van der Waals surface area contributed by atoms with Crippen molar-refractivity contribution < 1.29 is 8.42 Å². The van der Waals surface area contributed by atoms with E-state index < -0.39 is 10.2 Å². The van der Waals surface area contributed by atoms with E-state index in [9.17, 15) is 8.42 Å². The molecule has 1 aromatic carbocycles. The van der Waals surface area contributed by atoms with Gasteiger partial charge in [-0.05, 0) is 43.0 Å². The molecule has 0 bridgehead atoms. The average Bonchev–Trinajstić information content (AvgIpc) is 3.00. The lowest BCUT2D eigenvalue weighted by molar-refractivity contribution is 0.106. The molecule has 0 amide bonds. The maximum atomic E-state index is 12.0. The molecule has 0 radical (unpaired) electrons. The van der Waals surface area contributed by atoms with Crippen molar-refractivity contribution in [3.05, 3.63) is 35.5 Å². The van der Waals surface area contributed by atoms with Crippen LogP contribution in [0.5, 0.6) is 0 Å². The Hall–Kier alpha value is -1.41. The highest BCUT2D eigenvalue weighted by molar-refractivity contribution is 7.87. The molecular weight excluding hydrogens is 336 g/mol. The Morgan fingerprint density at radius 3 is 2.96 bits per heavy atom. The summed E-state index contributed by atoms with van der Waals surface area (Å²) < 4.78 is 29.2. The Balaban J connectivity index is 1.72. The summed E-state index contributed by atoms with van der Waals surface area (Å²) in [5.41, 5.74) is 3.94. The molecule has 1 aliphatic heterocycles. The predicted molar refractivity (Wildman–Crippen MR) is 99.9 cm³/mol. The van der Waals surface area contributed by atoms with Crippen LogP contribution in [0.3, 0.4) is 0 Å². The normalized spacial score (nSPS) is 26.7. The highest BCUT2D eigenvalue weighted by atomic mass is 32.2. The van der Waals surface area contributed by atoms with Gasteiger partial charge >= 0.3 is 0 Å². The summed E-state index contributed by atoms with van der Waals surface area (Å²) in [5, 5.41) is 1.34. The van der Waals surface area contributed by atoms with Gasteiger partial charge in [0.25, 0.3) is 10.2 Å². The number of rotatable bonds is 5. The first-order valence-corrected chi connectivity index (χ1v) is 10.5. The highest BCUT2D eigenvalue weighted by Gasteiger charge is 2.41. The van der Waals surface area contributed by atoms with E-state index in [0.717, 1.165) is 32.4 Å². The summed E-state index contributed by atoms with van der Waals surface area (Å²) in [7, 11) is -1.98. The molecule has 0 saturated carbocycles. The van der Waals surface area contributed by atoms with Gasteiger partial charge in [-0.3, -0.25) is 4.90 Å². The predicted octanol–water partition coefficient (Wildman–Crippen LogP) is 1.71. The Bertz CT molecular complexity index is 876. The Kier molecular flexibility index (Phi) is 4.35. The SMILES string of the molecule is CCCN1CC(NS(=O)(=O)NC)C[C@@H]2c3cccc4[nH]cc(c34)C[C@H]21. The Labute approximate surface area is 149 Å². The minimum absolute atomic E-state index is 0.0685. The molecule has 1 aliphatic carbocycles. The van der Waals surface area contributed by atoms with Gasteiger partial charge in [0.1, 0.15) is 0 Å². The van der Waals surface area contributed by atoms with E-state index in [2.05, 4.69) is 50.6 Å². The third-order valence-electron chi connectivity index (χ3n) is 5.68. The fourth-order valence-corrected chi connectivity index (χ4v) is 5.43. The van der Waals surface area contributed by atoms with E-state index in [1.165, 1.54) is 29.1 Å². The molecule has 136 valence electrons. The number of aromatic nitrogens is 1. The lowest BCUT2D eigenvalue weighted by atomic mass is 9.74. The summed E-state index contributed by atoms with van der Waals surface area (Å²) in [6, 6.07) is 6.82. The lowest BCUT2D eigenvalue weighted by Crippen LogP contribution is -2.57. The zero-order chi connectivity index (χ0) is 17.6. The molecule has 1 aromatic heterocycles. The topological polar surface area (TPSA) is 77.2 Å².